The summed E-state index contributed by atoms with van der Waals surface area (Å²) < 4.78 is 6.70. The van der Waals surface area contributed by atoms with Crippen LogP contribution >= 0.6 is 0 Å². The van der Waals surface area contributed by atoms with Gasteiger partial charge in [-0.25, -0.2) is 0 Å². The summed E-state index contributed by atoms with van der Waals surface area (Å²) in [5.41, 5.74) is 6.96. The third kappa shape index (κ3) is 2.75. The van der Waals surface area contributed by atoms with Crippen LogP contribution < -0.4 is 5.46 Å². The molecule has 1 aromatic heterocycles. The van der Waals surface area contributed by atoms with E-state index in [4.69, 9.17) is 12.3 Å². The van der Waals surface area contributed by atoms with Crippen molar-refractivity contribution >= 4 is 56.8 Å². The Morgan fingerprint density at radius 3 is 1.79 bits per heavy atom. The lowest BCUT2D eigenvalue weighted by molar-refractivity contribution is 0.674. The normalized spacial score (nSPS) is 11.6. The monoisotopic (exact) mass is 430 g/mol. The number of fused-ring (bicyclic) bond motifs is 8. The SMILES string of the molecule is [B]c1ccccc1-c1cccc(-c2cccc3c2oc2c4ccccc4c4ccccc4c32)c1. The first-order chi connectivity index (χ1) is 16.8. The lowest BCUT2D eigenvalue weighted by Gasteiger charge is -2.09. The maximum Gasteiger partial charge on any atom is 0.143 e. The van der Waals surface area contributed by atoms with Gasteiger partial charge in [0, 0.05) is 21.7 Å². The maximum absolute atomic E-state index is 6.70. The molecule has 0 aliphatic carbocycles. The number of para-hydroxylation sites is 1. The highest BCUT2D eigenvalue weighted by Gasteiger charge is 2.18. The lowest BCUT2D eigenvalue weighted by Crippen LogP contribution is -2.05. The Morgan fingerprint density at radius 1 is 0.441 bits per heavy atom. The zero-order valence-corrected chi connectivity index (χ0v) is 18.5. The fourth-order valence-corrected chi connectivity index (χ4v) is 5.27. The number of hydrogen-bond donors (Lipinski definition) is 0. The van der Waals surface area contributed by atoms with Crippen LogP contribution in [0.15, 0.2) is 120 Å². The zero-order valence-electron chi connectivity index (χ0n) is 18.5. The van der Waals surface area contributed by atoms with E-state index in [2.05, 4.69) is 97.1 Å². The van der Waals surface area contributed by atoms with Gasteiger partial charge in [-0.3, -0.25) is 0 Å². The van der Waals surface area contributed by atoms with E-state index in [1.54, 1.807) is 0 Å². The van der Waals surface area contributed by atoms with Crippen molar-refractivity contribution in [3.05, 3.63) is 115 Å². The standard InChI is InChI=1S/C32H19BO/c33-29-18-6-5-11-22(29)20-9-7-10-21(19-20)23-16-8-17-28-30-26-14-3-1-12-24(26)25-13-2-4-15-27(25)32(30)34-31(23)28/h1-19H. The molecule has 0 spiro atoms. The summed E-state index contributed by atoms with van der Waals surface area (Å²) in [4.78, 5) is 0. The minimum absolute atomic E-state index is 0.777. The van der Waals surface area contributed by atoms with Crippen molar-refractivity contribution in [3.8, 4) is 22.3 Å². The molecule has 0 amide bonds. The highest BCUT2D eigenvalue weighted by atomic mass is 16.3. The van der Waals surface area contributed by atoms with Gasteiger partial charge >= 0.3 is 0 Å². The molecule has 156 valence electrons. The third-order valence-electron chi connectivity index (χ3n) is 6.82. The molecule has 0 N–H and O–H groups in total. The quantitative estimate of drug-likeness (QED) is 0.200. The second-order valence-corrected chi connectivity index (χ2v) is 8.75. The second-order valence-electron chi connectivity index (χ2n) is 8.75. The van der Waals surface area contributed by atoms with Gasteiger partial charge in [0.1, 0.15) is 19.0 Å². The summed E-state index contributed by atoms with van der Waals surface area (Å²) in [6.07, 6.45) is 0. The van der Waals surface area contributed by atoms with Crippen molar-refractivity contribution < 1.29 is 4.42 Å². The molecule has 0 atom stereocenters. The van der Waals surface area contributed by atoms with E-state index >= 15 is 0 Å². The summed E-state index contributed by atoms with van der Waals surface area (Å²) in [7, 11) is 6.27. The van der Waals surface area contributed by atoms with Crippen LogP contribution in [-0.4, -0.2) is 7.85 Å². The van der Waals surface area contributed by atoms with E-state index in [1.807, 2.05) is 18.2 Å². The predicted molar refractivity (Wildman–Crippen MR) is 145 cm³/mol. The third-order valence-corrected chi connectivity index (χ3v) is 6.82. The minimum atomic E-state index is 0.777. The minimum Gasteiger partial charge on any atom is -0.455 e. The first-order valence-corrected chi connectivity index (χ1v) is 11.5. The fraction of sp³-hybridized carbons (Fsp3) is 0. The average Bonchev–Trinajstić information content (AvgIpc) is 3.30. The van der Waals surface area contributed by atoms with Crippen LogP contribution in [0, 0.1) is 0 Å². The Kier molecular flexibility index (Phi) is 4.16. The van der Waals surface area contributed by atoms with Gasteiger partial charge in [0.25, 0.3) is 0 Å². The summed E-state index contributed by atoms with van der Waals surface area (Å²) in [6, 6.07) is 40.1. The summed E-state index contributed by atoms with van der Waals surface area (Å²) in [5.74, 6) is 0. The van der Waals surface area contributed by atoms with Gasteiger partial charge in [-0.15, -0.1) is 0 Å². The van der Waals surface area contributed by atoms with Crippen molar-refractivity contribution in [2.75, 3.05) is 0 Å². The van der Waals surface area contributed by atoms with Crippen LogP contribution in [0.2, 0.25) is 0 Å². The Morgan fingerprint density at radius 2 is 1.00 bits per heavy atom. The van der Waals surface area contributed by atoms with Gasteiger partial charge < -0.3 is 4.42 Å². The number of rotatable bonds is 2. The van der Waals surface area contributed by atoms with Crippen molar-refractivity contribution in [1.29, 1.82) is 0 Å². The summed E-state index contributed by atoms with van der Waals surface area (Å²) in [6.45, 7) is 0. The number of benzene rings is 6. The Hall–Kier alpha value is -4.30. The van der Waals surface area contributed by atoms with Crippen LogP contribution in [0.25, 0.3) is 65.7 Å². The molecule has 0 bridgehead atoms. The second kappa shape index (κ2) is 7.36. The number of hydrogen-bond acceptors (Lipinski definition) is 1. The van der Waals surface area contributed by atoms with Gasteiger partial charge in [-0.2, -0.15) is 0 Å². The topological polar surface area (TPSA) is 13.1 Å². The van der Waals surface area contributed by atoms with E-state index < -0.39 is 0 Å². The van der Waals surface area contributed by atoms with E-state index in [9.17, 15) is 0 Å². The molecule has 0 aliphatic rings. The maximum atomic E-state index is 6.70. The molecule has 2 heteroatoms. The van der Waals surface area contributed by atoms with E-state index in [0.717, 1.165) is 49.7 Å². The Bertz CT molecular complexity index is 1880. The highest BCUT2D eigenvalue weighted by molar-refractivity contribution is 6.36. The van der Waals surface area contributed by atoms with Crippen molar-refractivity contribution in [2.24, 2.45) is 0 Å². The highest BCUT2D eigenvalue weighted by Crippen LogP contribution is 2.43. The van der Waals surface area contributed by atoms with Crippen LogP contribution in [0.5, 0.6) is 0 Å². The lowest BCUT2D eigenvalue weighted by atomic mass is 9.86. The van der Waals surface area contributed by atoms with E-state index in [0.29, 0.717) is 0 Å². The van der Waals surface area contributed by atoms with Gasteiger partial charge in [0.2, 0.25) is 0 Å². The molecule has 1 nitrogen and oxygen atoms in total. The van der Waals surface area contributed by atoms with Crippen molar-refractivity contribution in [2.45, 2.75) is 0 Å². The molecule has 0 saturated heterocycles. The van der Waals surface area contributed by atoms with Gasteiger partial charge in [-0.1, -0.05) is 115 Å². The summed E-state index contributed by atoms with van der Waals surface area (Å²) >= 11 is 0. The molecule has 0 fully saturated rings. The largest absolute Gasteiger partial charge is 0.455 e. The summed E-state index contributed by atoms with van der Waals surface area (Å²) in [5, 5.41) is 7.14. The Balaban J connectivity index is 1.56. The van der Waals surface area contributed by atoms with Crippen LogP contribution in [0.4, 0.5) is 0 Å². The van der Waals surface area contributed by atoms with Gasteiger partial charge in [0.05, 0.1) is 0 Å². The van der Waals surface area contributed by atoms with Crippen LogP contribution in [0.1, 0.15) is 0 Å². The number of furan rings is 1. The fourth-order valence-electron chi connectivity index (χ4n) is 5.27. The first-order valence-electron chi connectivity index (χ1n) is 11.5. The van der Waals surface area contributed by atoms with Crippen LogP contribution in [0.3, 0.4) is 0 Å². The molecular weight excluding hydrogens is 411 g/mol. The first kappa shape index (κ1) is 19.2. The molecule has 0 aliphatic heterocycles. The Labute approximate surface area is 198 Å². The van der Waals surface area contributed by atoms with E-state index in [-0.39, 0.29) is 0 Å². The smallest absolute Gasteiger partial charge is 0.143 e. The predicted octanol–water partition coefficient (Wildman–Crippen LogP) is 8.02. The molecule has 1 heterocycles. The molecule has 0 unspecified atom stereocenters. The average molecular weight is 430 g/mol. The van der Waals surface area contributed by atoms with Crippen molar-refractivity contribution in [1.82, 2.24) is 0 Å². The zero-order chi connectivity index (χ0) is 22.6. The van der Waals surface area contributed by atoms with Gasteiger partial charge in [-0.05, 0) is 38.9 Å². The molecule has 2 radical (unpaired) electrons. The van der Waals surface area contributed by atoms with Gasteiger partial charge in [0.15, 0.2) is 0 Å². The van der Waals surface area contributed by atoms with Crippen molar-refractivity contribution in [3.63, 3.8) is 0 Å². The van der Waals surface area contributed by atoms with Crippen LogP contribution in [-0.2, 0) is 0 Å². The molecule has 7 rings (SSSR count). The molecule has 34 heavy (non-hydrogen) atoms. The molecule has 7 aromatic rings. The molecular formula is C32H19BO. The molecule has 0 saturated carbocycles. The van der Waals surface area contributed by atoms with E-state index in [1.165, 1.54) is 21.5 Å². The molecule has 6 aromatic carbocycles.